The molecule has 24 heavy (non-hydrogen) atoms. The second kappa shape index (κ2) is 6.45. The number of aromatic amines is 1. The molecule has 0 saturated carbocycles. The number of nitrogens with zero attached hydrogens (tertiary/aromatic N) is 2. The monoisotopic (exact) mass is 342 g/mol. The smallest absolute Gasteiger partial charge is 0.283 e. The van der Waals surface area contributed by atoms with Crippen LogP contribution in [0.3, 0.4) is 0 Å². The maximum atomic E-state index is 12.3. The van der Waals surface area contributed by atoms with Crippen molar-refractivity contribution in [3.63, 3.8) is 0 Å². The molecule has 0 amide bonds. The Bertz CT molecular complexity index is 1060. The molecule has 0 fully saturated rings. The number of ether oxygens (including phenoxy) is 1. The van der Waals surface area contributed by atoms with Gasteiger partial charge in [-0.1, -0.05) is 37.3 Å². The molecule has 2 heterocycles. The van der Waals surface area contributed by atoms with Crippen molar-refractivity contribution < 1.29 is 4.74 Å². The van der Waals surface area contributed by atoms with E-state index >= 15 is 0 Å². The van der Waals surface area contributed by atoms with E-state index in [1.165, 1.54) is 16.0 Å². The van der Waals surface area contributed by atoms with Gasteiger partial charge in [0.15, 0.2) is 5.49 Å². The Balaban J connectivity index is 2.21. The Morgan fingerprint density at radius 3 is 2.67 bits per heavy atom. The third-order valence-corrected chi connectivity index (χ3v) is 4.34. The molecular formula is C17H18N4O2S. The third kappa shape index (κ3) is 3.16. The Morgan fingerprint density at radius 2 is 2.04 bits per heavy atom. The normalized spacial score (nSPS) is 13.2. The average molecular weight is 342 g/mol. The van der Waals surface area contributed by atoms with Crippen molar-refractivity contribution >= 4 is 23.5 Å². The summed E-state index contributed by atoms with van der Waals surface area (Å²) in [4.78, 5) is 16.4. The van der Waals surface area contributed by atoms with Crippen LogP contribution in [-0.2, 0) is 0 Å². The van der Waals surface area contributed by atoms with Crippen molar-refractivity contribution in [2.45, 2.75) is 13.8 Å². The van der Waals surface area contributed by atoms with Gasteiger partial charge in [0.25, 0.3) is 5.56 Å². The second-order valence-electron chi connectivity index (χ2n) is 5.70. The van der Waals surface area contributed by atoms with Crippen LogP contribution >= 0.6 is 11.3 Å². The number of rotatable bonds is 3. The van der Waals surface area contributed by atoms with Gasteiger partial charge in [0.1, 0.15) is 10.4 Å². The van der Waals surface area contributed by atoms with Gasteiger partial charge in [-0.2, -0.15) is 4.98 Å². The zero-order valence-corrected chi connectivity index (χ0v) is 14.5. The number of nitrogens with one attached hydrogen (secondary N) is 2. The van der Waals surface area contributed by atoms with Crippen LogP contribution in [0.5, 0.6) is 5.75 Å². The van der Waals surface area contributed by atoms with Crippen LogP contribution < -0.4 is 25.7 Å². The Kier molecular flexibility index (Phi) is 4.35. The number of benzene rings is 1. The Hall–Kier alpha value is -2.67. The minimum Gasteiger partial charge on any atom is -0.497 e. The van der Waals surface area contributed by atoms with E-state index in [1.807, 2.05) is 30.3 Å². The quantitative estimate of drug-likeness (QED) is 0.739. The van der Waals surface area contributed by atoms with E-state index in [2.05, 4.69) is 23.9 Å². The van der Waals surface area contributed by atoms with Crippen molar-refractivity contribution in [3.05, 3.63) is 55.6 Å². The fourth-order valence-corrected chi connectivity index (χ4v) is 3.32. The summed E-state index contributed by atoms with van der Waals surface area (Å²) in [6, 6.07) is 7.29. The van der Waals surface area contributed by atoms with Crippen molar-refractivity contribution in [1.29, 1.82) is 5.41 Å². The summed E-state index contributed by atoms with van der Waals surface area (Å²) in [5.74, 6) is 1.10. The summed E-state index contributed by atoms with van der Waals surface area (Å²) in [6.45, 7) is 4.14. The molecule has 0 bridgehead atoms. The minimum absolute atomic E-state index is 0.0977. The maximum absolute atomic E-state index is 12.3. The van der Waals surface area contributed by atoms with E-state index in [9.17, 15) is 4.79 Å². The minimum atomic E-state index is -0.401. The lowest BCUT2D eigenvalue weighted by Crippen LogP contribution is -2.47. The summed E-state index contributed by atoms with van der Waals surface area (Å²) in [7, 11) is 1.60. The average Bonchev–Trinajstić information content (AvgIpc) is 2.93. The molecule has 0 atom stereocenters. The molecule has 0 unspecified atom stereocenters. The van der Waals surface area contributed by atoms with Crippen LogP contribution in [0.1, 0.15) is 19.4 Å². The van der Waals surface area contributed by atoms with Crippen LogP contribution in [0.2, 0.25) is 0 Å². The molecule has 1 aromatic carbocycles. The predicted octanol–water partition coefficient (Wildman–Crippen LogP) is 0.813. The second-order valence-corrected chi connectivity index (χ2v) is 6.71. The van der Waals surface area contributed by atoms with Crippen LogP contribution in [0.15, 0.2) is 29.1 Å². The summed E-state index contributed by atoms with van der Waals surface area (Å²) in [5.41, 5.74) is 0.509. The largest absolute Gasteiger partial charge is 0.497 e. The highest BCUT2D eigenvalue weighted by atomic mass is 32.1. The number of hydrogen-bond acceptors (Lipinski definition) is 5. The van der Waals surface area contributed by atoms with Gasteiger partial charge in [-0.25, -0.2) is 4.68 Å². The molecule has 3 rings (SSSR count). The van der Waals surface area contributed by atoms with Gasteiger partial charge in [-0.15, -0.1) is 0 Å². The fourth-order valence-electron chi connectivity index (χ4n) is 2.29. The number of hydrogen-bond donors (Lipinski definition) is 2. The van der Waals surface area contributed by atoms with E-state index in [4.69, 9.17) is 10.1 Å². The topological polar surface area (TPSA) is 83.8 Å². The first-order valence-electron chi connectivity index (χ1n) is 7.52. The highest BCUT2D eigenvalue weighted by Gasteiger charge is 2.10. The molecule has 2 aliphatic rings. The molecule has 0 aromatic heterocycles. The van der Waals surface area contributed by atoms with E-state index in [1.54, 1.807) is 13.2 Å². The molecule has 1 aromatic rings. The summed E-state index contributed by atoms with van der Waals surface area (Å²) >= 11 is 1.36. The summed E-state index contributed by atoms with van der Waals surface area (Å²) < 4.78 is 7.54. The Labute approximate surface area is 142 Å². The van der Waals surface area contributed by atoms with E-state index < -0.39 is 5.56 Å². The van der Waals surface area contributed by atoms with Gasteiger partial charge in [0, 0.05) is 0 Å². The van der Waals surface area contributed by atoms with Crippen LogP contribution in [0, 0.1) is 11.3 Å². The fraction of sp³-hybridized carbons (Fsp3) is 0.235. The maximum Gasteiger partial charge on any atom is 0.283 e. The molecule has 7 heteroatoms. The zero-order valence-electron chi connectivity index (χ0n) is 13.7. The first kappa shape index (κ1) is 16.2. The zero-order chi connectivity index (χ0) is 17.3. The predicted molar refractivity (Wildman–Crippen MR) is 94.2 cm³/mol. The van der Waals surface area contributed by atoms with Gasteiger partial charge in [0.2, 0.25) is 5.13 Å². The standard InChI is InChI=1S/C17H18N4O2S/c1-10(2)8-14-20-21-15(18)13(16(22)19-17(21)24-14)9-11-4-6-12(23-3)7-5-11/h4-10,18,20H,1-3H3. The van der Waals surface area contributed by atoms with Gasteiger partial charge in [-0.3, -0.25) is 15.3 Å². The van der Waals surface area contributed by atoms with E-state index in [0.717, 1.165) is 16.0 Å². The summed E-state index contributed by atoms with van der Waals surface area (Å²) in [6.07, 6.45) is 3.71. The van der Waals surface area contributed by atoms with Crippen LogP contribution in [0.4, 0.5) is 0 Å². The molecule has 0 aliphatic carbocycles. The van der Waals surface area contributed by atoms with Crippen molar-refractivity contribution in [2.24, 2.45) is 5.92 Å². The van der Waals surface area contributed by atoms with Gasteiger partial charge in [-0.05, 0) is 35.8 Å². The van der Waals surface area contributed by atoms with Gasteiger partial charge >= 0.3 is 0 Å². The first-order valence-corrected chi connectivity index (χ1v) is 8.33. The summed E-state index contributed by atoms with van der Waals surface area (Å²) in [5, 5.41) is 12.2. The van der Waals surface area contributed by atoms with Crippen LogP contribution in [-0.4, -0.2) is 21.9 Å². The third-order valence-electron chi connectivity index (χ3n) is 3.43. The van der Waals surface area contributed by atoms with Crippen LogP contribution in [0.25, 0.3) is 17.3 Å². The molecule has 2 aliphatic heterocycles. The van der Waals surface area contributed by atoms with E-state index in [0.29, 0.717) is 11.0 Å². The molecule has 124 valence electrons. The molecule has 0 radical (unpaired) electrons. The molecular weight excluding hydrogens is 324 g/mol. The highest BCUT2D eigenvalue weighted by Crippen LogP contribution is 2.11. The lowest BCUT2D eigenvalue weighted by molar-refractivity contribution is 0.415. The highest BCUT2D eigenvalue weighted by molar-refractivity contribution is 7.11. The Morgan fingerprint density at radius 1 is 1.33 bits per heavy atom. The van der Waals surface area contributed by atoms with E-state index in [-0.39, 0.29) is 10.7 Å². The lowest BCUT2D eigenvalue weighted by Gasteiger charge is -2.01. The molecule has 0 spiro atoms. The van der Waals surface area contributed by atoms with Gasteiger partial charge < -0.3 is 4.74 Å². The van der Waals surface area contributed by atoms with Crippen molar-refractivity contribution in [1.82, 2.24) is 14.8 Å². The molecule has 6 nitrogen and oxygen atoms in total. The number of H-pyrrole nitrogens is 1. The lowest BCUT2D eigenvalue weighted by atomic mass is 10.2. The molecule has 2 N–H and O–H groups in total. The number of fused-ring (bicyclic) bond motifs is 1. The number of methoxy groups -OCH3 is 1. The van der Waals surface area contributed by atoms with Crippen molar-refractivity contribution in [2.75, 3.05) is 7.11 Å². The number of aromatic nitrogens is 3. The molecule has 0 saturated heterocycles. The SMILES string of the molecule is COc1ccc(C=c2c(=O)nc3sc(=CC(C)C)[nH]n-3c2=N)cc1. The first-order chi connectivity index (χ1) is 11.5. The van der Waals surface area contributed by atoms with Gasteiger partial charge in [0.05, 0.1) is 12.3 Å². The van der Waals surface area contributed by atoms with Crippen molar-refractivity contribution in [3.8, 4) is 10.9 Å².